The van der Waals surface area contributed by atoms with Gasteiger partial charge in [0.1, 0.15) is 5.76 Å². The normalized spacial score (nSPS) is 14.7. The van der Waals surface area contributed by atoms with Gasteiger partial charge in [-0.15, -0.1) is 11.8 Å². The lowest BCUT2D eigenvalue weighted by atomic mass is 10.2. The minimum Gasteiger partial charge on any atom is -0.360 e. The number of thioether (sulfide) groups is 1. The molecule has 1 aromatic heterocycles. The van der Waals surface area contributed by atoms with Gasteiger partial charge in [-0.1, -0.05) is 35.5 Å². The van der Waals surface area contributed by atoms with Crippen LogP contribution in [0.1, 0.15) is 31.1 Å². The molecule has 0 bridgehead atoms. The molecule has 1 heterocycles. The maximum absolute atomic E-state index is 12.7. The highest BCUT2D eigenvalue weighted by Gasteiger charge is 2.32. The number of nitrogens with one attached hydrogen (secondary N) is 1. The van der Waals surface area contributed by atoms with Gasteiger partial charge in [0.05, 0.1) is 11.0 Å². The van der Waals surface area contributed by atoms with Crippen molar-refractivity contribution in [1.82, 2.24) is 10.1 Å². The standard InChI is InChI=1S/C19H23N3O3S/c1-13-10-17(21-25-13)20-19(24)14(2)26-12-18(23)22(16-8-9-16)11-15-6-4-3-5-7-15/h3-7,10,14,16H,8-9,11-12H2,1-2H3,(H,20,21,24). The lowest BCUT2D eigenvalue weighted by Crippen LogP contribution is -2.35. The number of carbonyl (C=O) groups is 2. The Morgan fingerprint density at radius 2 is 2.08 bits per heavy atom. The van der Waals surface area contributed by atoms with Crippen LogP contribution < -0.4 is 5.32 Å². The molecule has 1 saturated carbocycles. The van der Waals surface area contributed by atoms with Crippen molar-refractivity contribution in [2.75, 3.05) is 11.1 Å². The Morgan fingerprint density at radius 1 is 1.35 bits per heavy atom. The zero-order chi connectivity index (χ0) is 18.5. The summed E-state index contributed by atoms with van der Waals surface area (Å²) in [6.45, 7) is 4.18. The van der Waals surface area contributed by atoms with Crippen LogP contribution in [0.4, 0.5) is 5.82 Å². The molecule has 1 unspecified atom stereocenters. The fourth-order valence-corrected chi connectivity index (χ4v) is 3.36. The number of aromatic nitrogens is 1. The van der Waals surface area contributed by atoms with Crippen molar-refractivity contribution in [3.63, 3.8) is 0 Å². The second-order valence-electron chi connectivity index (χ2n) is 6.50. The average molecular weight is 373 g/mol. The van der Waals surface area contributed by atoms with Gasteiger partial charge in [0.2, 0.25) is 11.8 Å². The number of nitrogens with zero attached hydrogens (tertiary/aromatic N) is 2. The van der Waals surface area contributed by atoms with Crippen LogP contribution in [0.15, 0.2) is 40.9 Å². The fraction of sp³-hybridized carbons (Fsp3) is 0.421. The third-order valence-corrected chi connectivity index (χ3v) is 5.34. The van der Waals surface area contributed by atoms with E-state index in [1.54, 1.807) is 19.9 Å². The number of hydrogen-bond donors (Lipinski definition) is 1. The molecular weight excluding hydrogens is 350 g/mol. The van der Waals surface area contributed by atoms with E-state index in [0.29, 0.717) is 24.2 Å². The van der Waals surface area contributed by atoms with Gasteiger partial charge in [-0.25, -0.2) is 0 Å². The summed E-state index contributed by atoms with van der Waals surface area (Å²) in [6.07, 6.45) is 2.12. The zero-order valence-electron chi connectivity index (χ0n) is 15.0. The van der Waals surface area contributed by atoms with Crippen molar-refractivity contribution in [2.45, 2.75) is 44.5 Å². The highest BCUT2D eigenvalue weighted by Crippen LogP contribution is 2.29. The number of anilines is 1. The Morgan fingerprint density at radius 3 is 2.69 bits per heavy atom. The molecule has 1 atom stereocenters. The predicted molar refractivity (Wildman–Crippen MR) is 102 cm³/mol. The Kier molecular flexibility index (Phi) is 5.98. The van der Waals surface area contributed by atoms with Gasteiger partial charge in [-0.2, -0.15) is 0 Å². The van der Waals surface area contributed by atoms with Crippen LogP contribution in [0.3, 0.4) is 0 Å². The number of carbonyl (C=O) groups excluding carboxylic acids is 2. The van der Waals surface area contributed by atoms with Gasteiger partial charge >= 0.3 is 0 Å². The maximum atomic E-state index is 12.7. The van der Waals surface area contributed by atoms with Gasteiger partial charge in [0.15, 0.2) is 5.82 Å². The number of benzene rings is 1. The third-order valence-electron chi connectivity index (χ3n) is 4.21. The summed E-state index contributed by atoms with van der Waals surface area (Å²) in [5, 5.41) is 6.10. The predicted octanol–water partition coefficient (Wildman–Crippen LogP) is 3.23. The van der Waals surface area contributed by atoms with E-state index in [4.69, 9.17) is 4.52 Å². The molecule has 2 amide bonds. The molecule has 0 aliphatic heterocycles. The Balaban J connectivity index is 1.50. The molecule has 7 heteroatoms. The molecule has 3 rings (SSSR count). The third kappa shape index (κ3) is 5.11. The van der Waals surface area contributed by atoms with Crippen molar-refractivity contribution in [2.24, 2.45) is 0 Å². The van der Waals surface area contributed by atoms with Gasteiger partial charge in [-0.3, -0.25) is 9.59 Å². The summed E-state index contributed by atoms with van der Waals surface area (Å²) in [4.78, 5) is 26.8. The lowest BCUT2D eigenvalue weighted by molar-refractivity contribution is -0.129. The molecule has 0 radical (unpaired) electrons. The summed E-state index contributed by atoms with van der Waals surface area (Å²) in [5.41, 5.74) is 1.13. The summed E-state index contributed by atoms with van der Waals surface area (Å²) < 4.78 is 4.93. The molecule has 6 nitrogen and oxygen atoms in total. The smallest absolute Gasteiger partial charge is 0.238 e. The largest absolute Gasteiger partial charge is 0.360 e. The molecule has 1 fully saturated rings. The summed E-state index contributed by atoms with van der Waals surface area (Å²) >= 11 is 1.34. The van der Waals surface area contributed by atoms with Crippen LogP contribution in [0.2, 0.25) is 0 Å². The van der Waals surface area contributed by atoms with Crippen LogP contribution in [0.5, 0.6) is 0 Å². The van der Waals surface area contributed by atoms with E-state index in [-0.39, 0.29) is 22.8 Å². The minimum absolute atomic E-state index is 0.0817. The Bertz CT molecular complexity index is 758. The first kappa shape index (κ1) is 18.5. The van der Waals surface area contributed by atoms with Crippen LogP contribution in [0.25, 0.3) is 0 Å². The molecule has 1 aliphatic rings. The van der Waals surface area contributed by atoms with Crippen LogP contribution in [-0.4, -0.2) is 38.9 Å². The zero-order valence-corrected chi connectivity index (χ0v) is 15.8. The van der Waals surface area contributed by atoms with E-state index in [0.717, 1.165) is 18.4 Å². The van der Waals surface area contributed by atoms with E-state index < -0.39 is 0 Å². The maximum Gasteiger partial charge on any atom is 0.238 e. The topological polar surface area (TPSA) is 75.4 Å². The second-order valence-corrected chi connectivity index (χ2v) is 7.83. The Labute approximate surface area is 157 Å². The lowest BCUT2D eigenvalue weighted by Gasteiger charge is -2.23. The average Bonchev–Trinajstić information content (AvgIpc) is 3.40. The number of hydrogen-bond acceptors (Lipinski definition) is 5. The Hall–Kier alpha value is -2.28. The first-order valence-corrected chi connectivity index (χ1v) is 9.77. The van der Waals surface area contributed by atoms with E-state index >= 15 is 0 Å². The van der Waals surface area contributed by atoms with Crippen molar-refractivity contribution >= 4 is 29.4 Å². The monoisotopic (exact) mass is 373 g/mol. The minimum atomic E-state index is -0.353. The van der Waals surface area contributed by atoms with E-state index in [9.17, 15) is 9.59 Å². The quantitative estimate of drug-likeness (QED) is 0.769. The van der Waals surface area contributed by atoms with Crippen molar-refractivity contribution in [1.29, 1.82) is 0 Å². The van der Waals surface area contributed by atoms with Gasteiger partial charge in [0.25, 0.3) is 0 Å². The number of aryl methyl sites for hydroxylation is 1. The van der Waals surface area contributed by atoms with Crippen molar-refractivity contribution < 1.29 is 14.1 Å². The number of rotatable bonds is 8. The first-order valence-electron chi connectivity index (χ1n) is 8.72. The van der Waals surface area contributed by atoms with Crippen LogP contribution in [0, 0.1) is 6.92 Å². The summed E-state index contributed by atoms with van der Waals surface area (Å²) in [5.74, 6) is 1.22. The summed E-state index contributed by atoms with van der Waals surface area (Å²) in [7, 11) is 0. The molecule has 1 aliphatic carbocycles. The van der Waals surface area contributed by atoms with E-state index in [1.807, 2.05) is 35.2 Å². The van der Waals surface area contributed by atoms with Gasteiger partial charge in [-0.05, 0) is 32.3 Å². The number of amides is 2. The van der Waals surface area contributed by atoms with Crippen molar-refractivity contribution in [3.8, 4) is 0 Å². The molecule has 2 aromatic rings. The van der Waals surface area contributed by atoms with E-state index in [2.05, 4.69) is 10.5 Å². The van der Waals surface area contributed by atoms with Gasteiger partial charge in [0, 0.05) is 18.7 Å². The van der Waals surface area contributed by atoms with Crippen LogP contribution in [-0.2, 0) is 16.1 Å². The highest BCUT2D eigenvalue weighted by molar-refractivity contribution is 8.01. The SMILES string of the molecule is Cc1cc(NC(=O)C(C)SCC(=O)N(Cc2ccccc2)C2CC2)no1. The first-order chi connectivity index (χ1) is 12.5. The molecule has 0 saturated heterocycles. The second kappa shape index (κ2) is 8.40. The van der Waals surface area contributed by atoms with E-state index in [1.165, 1.54) is 11.8 Å². The molecule has 1 N–H and O–H groups in total. The molecular formula is C19H23N3O3S. The highest BCUT2D eigenvalue weighted by atomic mass is 32.2. The molecule has 138 valence electrons. The molecule has 0 spiro atoms. The van der Waals surface area contributed by atoms with Gasteiger partial charge < -0.3 is 14.7 Å². The van der Waals surface area contributed by atoms with Crippen LogP contribution >= 0.6 is 11.8 Å². The molecule has 26 heavy (non-hydrogen) atoms. The molecule has 1 aromatic carbocycles. The fourth-order valence-electron chi connectivity index (χ4n) is 2.60. The van der Waals surface area contributed by atoms with Crippen molar-refractivity contribution in [3.05, 3.63) is 47.7 Å². The summed E-state index contributed by atoms with van der Waals surface area (Å²) in [6, 6.07) is 12.0.